The number of methoxy groups -OCH3 is 1. The molecule has 0 N–H and O–H groups in total. The van der Waals surface area contributed by atoms with Gasteiger partial charge in [-0.2, -0.15) is 5.10 Å². The second-order valence-corrected chi connectivity index (χ2v) is 11.1. The fourth-order valence-corrected chi connectivity index (χ4v) is 5.97. The maximum atomic E-state index is 14.3. The van der Waals surface area contributed by atoms with Crippen molar-refractivity contribution in [2.75, 3.05) is 32.6 Å². The van der Waals surface area contributed by atoms with Crippen molar-refractivity contribution in [1.82, 2.24) is 24.6 Å². The van der Waals surface area contributed by atoms with E-state index in [0.29, 0.717) is 17.9 Å². The quantitative estimate of drug-likeness (QED) is 0.335. The molecule has 0 saturated carbocycles. The number of aromatic nitrogens is 4. The molecule has 0 radical (unpaired) electrons. The van der Waals surface area contributed by atoms with Crippen molar-refractivity contribution in [3.05, 3.63) is 89.1 Å². The fourth-order valence-electron chi connectivity index (χ4n) is 5.97. The molecule has 0 fully saturated rings. The van der Waals surface area contributed by atoms with E-state index < -0.39 is 0 Å². The summed E-state index contributed by atoms with van der Waals surface area (Å²) in [5.74, 6) is 2.30. The number of nitrogens with zero attached hydrogens (tertiary/aromatic N) is 7. The van der Waals surface area contributed by atoms with Gasteiger partial charge in [0.25, 0.3) is 5.91 Å². The van der Waals surface area contributed by atoms with Crippen LogP contribution in [0.4, 0.5) is 5.82 Å². The topological polar surface area (TPSA) is 79.4 Å². The highest BCUT2D eigenvalue weighted by molar-refractivity contribution is 5.99. The number of hydrogen-bond acceptors (Lipinski definition) is 6. The van der Waals surface area contributed by atoms with Crippen LogP contribution in [0.3, 0.4) is 0 Å². The van der Waals surface area contributed by atoms with Gasteiger partial charge >= 0.3 is 0 Å². The van der Waals surface area contributed by atoms with Gasteiger partial charge in [-0.3, -0.25) is 9.48 Å². The number of benzene rings is 2. The molecule has 1 amide bonds. The lowest BCUT2D eigenvalue weighted by molar-refractivity contribution is -0.497. The van der Waals surface area contributed by atoms with Crippen LogP contribution in [-0.4, -0.2) is 68.6 Å². The largest absolute Gasteiger partial charge is 0.496 e. The average Bonchev–Trinajstić information content (AvgIpc) is 3.28. The van der Waals surface area contributed by atoms with Crippen LogP contribution in [-0.2, 0) is 26.6 Å². The van der Waals surface area contributed by atoms with Crippen molar-refractivity contribution in [2.45, 2.75) is 32.9 Å². The molecule has 2 aromatic heterocycles. The maximum absolute atomic E-state index is 14.3. The van der Waals surface area contributed by atoms with E-state index in [4.69, 9.17) is 14.7 Å². The second-order valence-electron chi connectivity index (χ2n) is 11.1. The molecule has 0 saturated heterocycles. The van der Waals surface area contributed by atoms with Crippen LogP contribution in [0.5, 0.6) is 5.75 Å². The molecule has 2 aromatic carbocycles. The molecular formula is C32H36N7O2+. The van der Waals surface area contributed by atoms with Crippen LogP contribution < -0.4 is 9.64 Å². The number of carbonyl (C=O) groups is 1. The summed E-state index contributed by atoms with van der Waals surface area (Å²) < 4.78 is 9.78. The van der Waals surface area contributed by atoms with Crippen LogP contribution >= 0.6 is 0 Å². The summed E-state index contributed by atoms with van der Waals surface area (Å²) in [5, 5.41) is 5.29. The summed E-state index contributed by atoms with van der Waals surface area (Å²) >= 11 is 0. The molecule has 2 aliphatic heterocycles. The molecule has 0 aliphatic carbocycles. The summed E-state index contributed by atoms with van der Waals surface area (Å²) in [7, 11) is 7.73. The van der Waals surface area contributed by atoms with E-state index >= 15 is 0 Å². The fraction of sp³-hybridized carbons (Fsp3) is 0.344. The number of aryl methyl sites for hydroxylation is 1. The summed E-state index contributed by atoms with van der Waals surface area (Å²) in [4.78, 5) is 28.4. The Morgan fingerprint density at radius 1 is 1.15 bits per heavy atom. The number of rotatable bonds is 6. The maximum Gasteiger partial charge on any atom is 0.258 e. The Hall–Kier alpha value is -4.53. The summed E-state index contributed by atoms with van der Waals surface area (Å²) in [6.45, 7) is 3.94. The monoisotopic (exact) mass is 550 g/mol. The molecule has 0 bridgehead atoms. The Balaban J connectivity index is 1.45. The molecular weight excluding hydrogens is 514 g/mol. The van der Waals surface area contributed by atoms with Gasteiger partial charge in [0, 0.05) is 79.9 Å². The molecule has 1 atom stereocenters. The summed E-state index contributed by atoms with van der Waals surface area (Å²) in [6, 6.07) is 13.8. The van der Waals surface area contributed by atoms with Crippen molar-refractivity contribution in [3.63, 3.8) is 0 Å². The highest BCUT2D eigenvalue weighted by atomic mass is 16.5. The molecule has 4 heterocycles. The van der Waals surface area contributed by atoms with Crippen molar-refractivity contribution in [2.24, 2.45) is 13.0 Å². The number of ether oxygens (including phenoxy) is 1. The predicted molar refractivity (Wildman–Crippen MR) is 159 cm³/mol. The standard InChI is InChI=1S/C32H36N7O2/c1-21-15-28-23(13-14-36(21)2)16-26-24(10-8-12-29(26)41-5)32(40)39(28)20-30-34-27-11-7-6-9-25(27)31(35-30)37(3)18-22-17-33-38(4)19-22/h6-12,15,17,19,23H,13-14,16,18,20H2,1-5H3/q+1. The van der Waals surface area contributed by atoms with Crippen molar-refractivity contribution in [1.29, 1.82) is 0 Å². The third kappa shape index (κ3) is 5.08. The third-order valence-electron chi connectivity index (χ3n) is 8.25. The Bertz CT molecular complexity index is 1700. The van der Waals surface area contributed by atoms with E-state index in [1.54, 1.807) is 11.8 Å². The first-order valence-corrected chi connectivity index (χ1v) is 14.0. The zero-order chi connectivity index (χ0) is 28.7. The molecule has 6 rings (SSSR count). The first kappa shape index (κ1) is 26.7. The first-order valence-electron chi connectivity index (χ1n) is 14.0. The van der Waals surface area contributed by atoms with E-state index in [1.165, 1.54) is 0 Å². The van der Waals surface area contributed by atoms with Crippen LogP contribution in [0.1, 0.15) is 40.7 Å². The van der Waals surface area contributed by atoms with Crippen molar-refractivity contribution < 1.29 is 14.1 Å². The molecule has 1 unspecified atom stereocenters. The zero-order valence-corrected chi connectivity index (χ0v) is 24.3. The van der Waals surface area contributed by atoms with Crippen LogP contribution in [0.2, 0.25) is 0 Å². The molecule has 2 aliphatic rings. The minimum atomic E-state index is -0.0490. The second kappa shape index (κ2) is 10.8. The Morgan fingerprint density at radius 2 is 1.98 bits per heavy atom. The highest BCUT2D eigenvalue weighted by Crippen LogP contribution is 2.37. The predicted octanol–water partition coefficient (Wildman–Crippen LogP) is 4.21. The van der Waals surface area contributed by atoms with Gasteiger partial charge < -0.3 is 14.5 Å². The van der Waals surface area contributed by atoms with Gasteiger partial charge in [-0.05, 0) is 30.7 Å². The van der Waals surface area contributed by atoms with Crippen molar-refractivity contribution >= 4 is 28.3 Å². The minimum absolute atomic E-state index is 0.0490. The molecule has 9 heteroatoms. The minimum Gasteiger partial charge on any atom is -0.496 e. The lowest BCUT2D eigenvalue weighted by Crippen LogP contribution is -2.33. The number of fused-ring (bicyclic) bond motifs is 3. The zero-order valence-electron chi connectivity index (χ0n) is 24.3. The number of para-hydroxylation sites is 1. The SMILES string of the molecule is COc1cccc2c1CC1CC[N+](C)=C(C)C=C1N(Cc1nc(N(C)Cc3cnn(C)c3)c3ccccc3n1)C2=O. The number of amides is 1. The van der Waals surface area contributed by atoms with Crippen molar-refractivity contribution in [3.8, 4) is 5.75 Å². The van der Waals surface area contributed by atoms with E-state index in [0.717, 1.165) is 64.4 Å². The molecule has 210 valence electrons. The van der Waals surface area contributed by atoms with Gasteiger partial charge in [-0.1, -0.05) is 18.2 Å². The van der Waals surface area contributed by atoms with E-state index in [-0.39, 0.29) is 18.4 Å². The Labute approximate surface area is 240 Å². The summed E-state index contributed by atoms with van der Waals surface area (Å²) in [5.41, 5.74) is 5.74. The first-order chi connectivity index (χ1) is 19.8. The summed E-state index contributed by atoms with van der Waals surface area (Å²) in [6.07, 6.45) is 7.73. The number of allylic oxidation sites excluding steroid dienone is 2. The lowest BCUT2D eigenvalue weighted by Gasteiger charge is -2.27. The van der Waals surface area contributed by atoms with Gasteiger partial charge in [0.05, 0.1) is 25.4 Å². The van der Waals surface area contributed by atoms with Crippen LogP contribution in [0.15, 0.2) is 66.6 Å². The van der Waals surface area contributed by atoms with Crippen LogP contribution in [0.25, 0.3) is 10.9 Å². The number of hydrogen-bond donors (Lipinski definition) is 0. The number of anilines is 1. The Morgan fingerprint density at radius 3 is 2.76 bits per heavy atom. The van der Waals surface area contributed by atoms with Gasteiger partial charge in [-0.25, -0.2) is 14.5 Å². The van der Waals surface area contributed by atoms with Gasteiger partial charge in [0.15, 0.2) is 11.5 Å². The van der Waals surface area contributed by atoms with E-state index in [2.05, 4.69) is 34.6 Å². The molecule has 9 nitrogen and oxygen atoms in total. The molecule has 41 heavy (non-hydrogen) atoms. The number of carbonyl (C=O) groups excluding carboxylic acids is 1. The van der Waals surface area contributed by atoms with Gasteiger partial charge in [0.2, 0.25) is 0 Å². The van der Waals surface area contributed by atoms with Crippen LogP contribution in [0, 0.1) is 5.92 Å². The van der Waals surface area contributed by atoms with E-state index in [9.17, 15) is 4.79 Å². The van der Waals surface area contributed by atoms with Gasteiger partial charge in [-0.15, -0.1) is 0 Å². The normalized spacial score (nSPS) is 17.1. The molecule has 4 aromatic rings. The Kier molecular flexibility index (Phi) is 7.03. The van der Waals surface area contributed by atoms with E-state index in [1.807, 2.05) is 73.9 Å². The average molecular weight is 551 g/mol. The smallest absolute Gasteiger partial charge is 0.258 e. The molecule has 0 spiro atoms. The lowest BCUT2D eigenvalue weighted by atomic mass is 9.91. The van der Waals surface area contributed by atoms with Gasteiger partial charge in [0.1, 0.15) is 25.2 Å². The third-order valence-corrected chi connectivity index (χ3v) is 8.25. The highest BCUT2D eigenvalue weighted by Gasteiger charge is 2.36.